The SMILES string of the molecule is CNC1CCC(C)(CC(=O)N(C)C)CC1. The zero-order valence-electron chi connectivity index (χ0n) is 10.5. The molecule has 1 aliphatic carbocycles. The van der Waals surface area contributed by atoms with Gasteiger partial charge in [-0.1, -0.05) is 6.92 Å². The second kappa shape index (κ2) is 4.97. The molecule has 0 aromatic rings. The van der Waals surface area contributed by atoms with Gasteiger partial charge in [0.05, 0.1) is 0 Å². The van der Waals surface area contributed by atoms with Crippen molar-refractivity contribution in [2.45, 2.75) is 45.1 Å². The van der Waals surface area contributed by atoms with Crippen LogP contribution >= 0.6 is 0 Å². The first kappa shape index (κ1) is 12.5. The summed E-state index contributed by atoms with van der Waals surface area (Å²) in [5.41, 5.74) is 0.231. The molecule has 0 bridgehead atoms. The highest BCUT2D eigenvalue weighted by atomic mass is 16.2. The summed E-state index contributed by atoms with van der Waals surface area (Å²) in [6.45, 7) is 2.25. The monoisotopic (exact) mass is 212 g/mol. The Hall–Kier alpha value is -0.570. The van der Waals surface area contributed by atoms with Gasteiger partial charge in [0.15, 0.2) is 0 Å². The molecule has 0 saturated heterocycles. The second-order valence-corrected chi connectivity index (χ2v) is 5.34. The number of hydrogen-bond acceptors (Lipinski definition) is 2. The first-order valence-corrected chi connectivity index (χ1v) is 5.84. The van der Waals surface area contributed by atoms with Gasteiger partial charge in [-0.2, -0.15) is 0 Å². The Morgan fingerprint density at radius 3 is 2.33 bits per heavy atom. The predicted octanol–water partition coefficient (Wildman–Crippen LogP) is 1.63. The Bertz CT molecular complexity index is 218. The van der Waals surface area contributed by atoms with E-state index in [1.165, 1.54) is 12.8 Å². The normalized spacial score (nSPS) is 31.3. The van der Waals surface area contributed by atoms with Crippen molar-refractivity contribution in [3.05, 3.63) is 0 Å². The van der Waals surface area contributed by atoms with E-state index in [0.717, 1.165) is 12.8 Å². The van der Waals surface area contributed by atoms with Crippen LogP contribution in [0.2, 0.25) is 0 Å². The van der Waals surface area contributed by atoms with Gasteiger partial charge in [0, 0.05) is 26.6 Å². The quantitative estimate of drug-likeness (QED) is 0.771. The van der Waals surface area contributed by atoms with Crippen molar-refractivity contribution in [2.75, 3.05) is 21.1 Å². The van der Waals surface area contributed by atoms with E-state index >= 15 is 0 Å². The van der Waals surface area contributed by atoms with Crippen LogP contribution in [0.1, 0.15) is 39.0 Å². The number of carbonyl (C=O) groups excluding carboxylic acids is 1. The average molecular weight is 212 g/mol. The van der Waals surface area contributed by atoms with Crippen molar-refractivity contribution < 1.29 is 4.79 Å². The molecule has 0 spiro atoms. The molecule has 1 aliphatic rings. The second-order valence-electron chi connectivity index (χ2n) is 5.34. The standard InChI is InChI=1S/C12H24N2O/c1-12(9-11(15)14(3)4)7-5-10(13-2)6-8-12/h10,13H,5-9H2,1-4H3. The van der Waals surface area contributed by atoms with Crippen molar-refractivity contribution in [1.29, 1.82) is 0 Å². The molecule has 88 valence electrons. The fourth-order valence-electron chi connectivity index (χ4n) is 2.30. The number of amides is 1. The molecule has 3 heteroatoms. The summed E-state index contributed by atoms with van der Waals surface area (Å²) in [7, 11) is 5.70. The number of hydrogen-bond donors (Lipinski definition) is 1. The molecule has 0 radical (unpaired) electrons. The van der Waals surface area contributed by atoms with Crippen LogP contribution in [0.15, 0.2) is 0 Å². The fraction of sp³-hybridized carbons (Fsp3) is 0.917. The molecule has 1 fully saturated rings. The van der Waals surface area contributed by atoms with E-state index in [2.05, 4.69) is 12.2 Å². The molecular weight excluding hydrogens is 188 g/mol. The van der Waals surface area contributed by atoms with Crippen LogP contribution in [0.3, 0.4) is 0 Å². The van der Waals surface area contributed by atoms with Crippen molar-refractivity contribution in [2.24, 2.45) is 5.41 Å². The largest absolute Gasteiger partial charge is 0.349 e. The molecular formula is C12H24N2O. The highest BCUT2D eigenvalue weighted by Crippen LogP contribution is 2.38. The molecule has 1 N–H and O–H groups in total. The van der Waals surface area contributed by atoms with Gasteiger partial charge in [-0.15, -0.1) is 0 Å². The molecule has 3 nitrogen and oxygen atoms in total. The van der Waals surface area contributed by atoms with Crippen molar-refractivity contribution >= 4 is 5.91 Å². The number of nitrogens with one attached hydrogen (secondary N) is 1. The Morgan fingerprint density at radius 2 is 1.93 bits per heavy atom. The molecule has 1 saturated carbocycles. The predicted molar refractivity (Wildman–Crippen MR) is 62.7 cm³/mol. The Morgan fingerprint density at radius 1 is 1.40 bits per heavy atom. The van der Waals surface area contributed by atoms with Gasteiger partial charge >= 0.3 is 0 Å². The maximum Gasteiger partial charge on any atom is 0.222 e. The molecule has 0 aromatic carbocycles. The molecule has 0 heterocycles. The van der Waals surface area contributed by atoms with Crippen LogP contribution < -0.4 is 5.32 Å². The van der Waals surface area contributed by atoms with E-state index < -0.39 is 0 Å². The lowest BCUT2D eigenvalue weighted by molar-refractivity contribution is -0.131. The van der Waals surface area contributed by atoms with Crippen LogP contribution in [0.4, 0.5) is 0 Å². The summed E-state index contributed by atoms with van der Waals surface area (Å²) < 4.78 is 0. The van der Waals surface area contributed by atoms with E-state index in [-0.39, 0.29) is 11.3 Å². The highest BCUT2D eigenvalue weighted by Gasteiger charge is 2.32. The smallest absolute Gasteiger partial charge is 0.222 e. The Labute approximate surface area is 93.2 Å². The minimum absolute atomic E-state index is 0.231. The van der Waals surface area contributed by atoms with Crippen LogP contribution in [0.5, 0.6) is 0 Å². The summed E-state index contributed by atoms with van der Waals surface area (Å²) in [6.07, 6.45) is 5.44. The third kappa shape index (κ3) is 3.49. The van der Waals surface area contributed by atoms with Crippen LogP contribution in [0.25, 0.3) is 0 Å². The van der Waals surface area contributed by atoms with Gasteiger partial charge in [-0.05, 0) is 38.1 Å². The highest BCUT2D eigenvalue weighted by molar-refractivity contribution is 5.76. The Balaban J connectivity index is 2.44. The maximum atomic E-state index is 11.7. The van der Waals surface area contributed by atoms with Gasteiger partial charge in [0.1, 0.15) is 0 Å². The van der Waals surface area contributed by atoms with Gasteiger partial charge < -0.3 is 10.2 Å². The van der Waals surface area contributed by atoms with Crippen LogP contribution in [-0.2, 0) is 4.79 Å². The molecule has 0 aromatic heterocycles. The third-order valence-electron chi connectivity index (χ3n) is 3.68. The van der Waals surface area contributed by atoms with E-state index in [0.29, 0.717) is 12.5 Å². The lowest BCUT2D eigenvalue weighted by atomic mass is 9.71. The summed E-state index contributed by atoms with van der Waals surface area (Å²) in [5, 5.41) is 3.32. The lowest BCUT2D eigenvalue weighted by Gasteiger charge is -2.37. The van der Waals surface area contributed by atoms with Crippen molar-refractivity contribution in [3.63, 3.8) is 0 Å². The minimum atomic E-state index is 0.231. The fourth-order valence-corrected chi connectivity index (χ4v) is 2.30. The number of carbonyl (C=O) groups is 1. The maximum absolute atomic E-state index is 11.7. The lowest BCUT2D eigenvalue weighted by Crippen LogP contribution is -2.37. The van der Waals surface area contributed by atoms with Crippen LogP contribution in [0, 0.1) is 5.41 Å². The molecule has 1 amide bonds. The molecule has 0 aliphatic heterocycles. The summed E-state index contributed by atoms with van der Waals surface area (Å²) in [4.78, 5) is 13.4. The number of rotatable bonds is 3. The molecule has 1 rings (SSSR count). The summed E-state index contributed by atoms with van der Waals surface area (Å²) in [6, 6.07) is 0.660. The van der Waals surface area contributed by atoms with Gasteiger partial charge in [-0.25, -0.2) is 0 Å². The molecule has 0 atom stereocenters. The first-order chi connectivity index (χ1) is 6.97. The third-order valence-corrected chi connectivity index (χ3v) is 3.68. The molecule has 0 unspecified atom stereocenters. The zero-order valence-corrected chi connectivity index (χ0v) is 10.5. The first-order valence-electron chi connectivity index (χ1n) is 5.84. The van der Waals surface area contributed by atoms with Gasteiger partial charge in [-0.3, -0.25) is 4.79 Å². The number of nitrogens with zero attached hydrogens (tertiary/aromatic N) is 1. The Kier molecular flexibility index (Phi) is 4.14. The van der Waals surface area contributed by atoms with Crippen LogP contribution in [-0.4, -0.2) is 38.0 Å². The van der Waals surface area contributed by atoms with E-state index in [9.17, 15) is 4.79 Å². The van der Waals surface area contributed by atoms with E-state index in [1.54, 1.807) is 4.90 Å². The average Bonchev–Trinajstić information content (AvgIpc) is 2.18. The van der Waals surface area contributed by atoms with Crippen molar-refractivity contribution in [3.8, 4) is 0 Å². The van der Waals surface area contributed by atoms with Gasteiger partial charge in [0.25, 0.3) is 0 Å². The minimum Gasteiger partial charge on any atom is -0.349 e. The molecule has 15 heavy (non-hydrogen) atoms. The summed E-state index contributed by atoms with van der Waals surface area (Å²) in [5.74, 6) is 0.264. The summed E-state index contributed by atoms with van der Waals surface area (Å²) >= 11 is 0. The zero-order chi connectivity index (χ0) is 11.5. The van der Waals surface area contributed by atoms with Crippen molar-refractivity contribution in [1.82, 2.24) is 10.2 Å². The van der Waals surface area contributed by atoms with Gasteiger partial charge in [0.2, 0.25) is 5.91 Å². The topological polar surface area (TPSA) is 32.3 Å². The van der Waals surface area contributed by atoms with E-state index in [1.807, 2.05) is 21.1 Å². The van der Waals surface area contributed by atoms with E-state index in [4.69, 9.17) is 0 Å².